The molecule has 0 radical (unpaired) electrons. The minimum absolute atomic E-state index is 0.00391. The summed E-state index contributed by atoms with van der Waals surface area (Å²) in [6.45, 7) is 9.18. The molecule has 0 bridgehead atoms. The summed E-state index contributed by atoms with van der Waals surface area (Å²) in [5, 5.41) is 9.32. The number of rotatable bonds is 8. The third-order valence-corrected chi connectivity index (χ3v) is 3.61. The maximum atomic E-state index is 9.32. The molecule has 0 aliphatic heterocycles. The van der Waals surface area contributed by atoms with E-state index in [9.17, 15) is 5.11 Å². The topological polar surface area (TPSA) is 23.5 Å². The van der Waals surface area contributed by atoms with Crippen molar-refractivity contribution in [2.24, 2.45) is 0 Å². The highest BCUT2D eigenvalue weighted by Crippen LogP contribution is 2.29. The summed E-state index contributed by atoms with van der Waals surface area (Å²) in [6, 6.07) is 20.9. The normalized spacial score (nSPS) is 10.9. The van der Waals surface area contributed by atoms with E-state index in [0.717, 1.165) is 12.1 Å². The first-order valence-electron chi connectivity index (χ1n) is 7.48. The monoisotopic (exact) mass is 293 g/mol. The molecule has 2 aromatic carbocycles. The van der Waals surface area contributed by atoms with Crippen molar-refractivity contribution < 1.29 is 5.11 Å². The Morgan fingerprint density at radius 3 is 1.91 bits per heavy atom. The Hall–Kier alpha value is -2.16. The first-order chi connectivity index (χ1) is 10.8. The van der Waals surface area contributed by atoms with Crippen LogP contribution < -0.4 is 0 Å². The lowest BCUT2D eigenvalue weighted by atomic mass is 9.96. The van der Waals surface area contributed by atoms with E-state index in [1.165, 1.54) is 11.1 Å². The van der Waals surface area contributed by atoms with Gasteiger partial charge in [-0.25, -0.2) is 0 Å². The van der Waals surface area contributed by atoms with Crippen LogP contribution in [0.4, 0.5) is 0 Å². The van der Waals surface area contributed by atoms with Crippen LogP contribution in [-0.2, 0) is 0 Å². The van der Waals surface area contributed by atoms with Gasteiger partial charge in [0.05, 0.1) is 12.6 Å². The fourth-order valence-electron chi connectivity index (χ4n) is 2.65. The van der Waals surface area contributed by atoms with Crippen molar-refractivity contribution in [1.29, 1.82) is 0 Å². The maximum Gasteiger partial charge on any atom is 0.0651 e. The quantitative estimate of drug-likeness (QED) is 0.748. The lowest BCUT2D eigenvalue weighted by Gasteiger charge is -2.32. The molecule has 114 valence electrons. The minimum atomic E-state index is 0.00391. The number of aliphatic hydroxyl groups is 1. The molecule has 0 heterocycles. The Kier molecular flexibility index (Phi) is 6.13. The molecule has 1 N–H and O–H groups in total. The zero-order chi connectivity index (χ0) is 15.8. The summed E-state index contributed by atoms with van der Waals surface area (Å²) >= 11 is 0. The lowest BCUT2D eigenvalue weighted by Crippen LogP contribution is -2.32. The summed E-state index contributed by atoms with van der Waals surface area (Å²) in [4.78, 5) is 2.27. The van der Waals surface area contributed by atoms with Gasteiger partial charge in [0.2, 0.25) is 0 Å². The molecule has 2 aromatic rings. The van der Waals surface area contributed by atoms with Gasteiger partial charge < -0.3 is 5.11 Å². The van der Waals surface area contributed by atoms with Crippen LogP contribution in [0.1, 0.15) is 17.2 Å². The molecular weight excluding hydrogens is 270 g/mol. The number of hydrogen-bond acceptors (Lipinski definition) is 2. The number of aliphatic hydroxyl groups excluding tert-OH is 1. The fraction of sp³-hybridized carbons (Fsp3) is 0.200. The van der Waals surface area contributed by atoms with Crippen LogP contribution in [0.15, 0.2) is 85.5 Å². The van der Waals surface area contributed by atoms with Crippen LogP contribution in [-0.4, -0.2) is 29.7 Å². The van der Waals surface area contributed by atoms with Crippen molar-refractivity contribution in [2.45, 2.75) is 6.04 Å². The average molecular weight is 293 g/mol. The standard InChI is InChI=1S/C20H23NO/c1-3-14-21(15-17(2)16-22)20(18-10-6-4-7-11-18)19-12-8-5-9-13-19/h3-13,20,22H,1-2,14-16H2. The van der Waals surface area contributed by atoms with Gasteiger partial charge in [-0.1, -0.05) is 73.3 Å². The van der Waals surface area contributed by atoms with E-state index in [1.54, 1.807) is 0 Å². The third kappa shape index (κ3) is 4.17. The summed E-state index contributed by atoms with van der Waals surface area (Å²) in [7, 11) is 0. The molecule has 22 heavy (non-hydrogen) atoms. The molecule has 0 aromatic heterocycles. The molecule has 0 saturated carbocycles. The Morgan fingerprint density at radius 2 is 1.50 bits per heavy atom. The highest BCUT2D eigenvalue weighted by atomic mass is 16.3. The lowest BCUT2D eigenvalue weighted by molar-refractivity contribution is 0.250. The highest BCUT2D eigenvalue weighted by molar-refractivity contribution is 5.32. The largest absolute Gasteiger partial charge is 0.392 e. The maximum absolute atomic E-state index is 9.32. The van der Waals surface area contributed by atoms with Crippen LogP contribution in [0.25, 0.3) is 0 Å². The average Bonchev–Trinajstić information content (AvgIpc) is 2.57. The minimum Gasteiger partial charge on any atom is -0.392 e. The molecule has 0 saturated heterocycles. The van der Waals surface area contributed by atoms with Gasteiger partial charge >= 0.3 is 0 Å². The molecule has 0 amide bonds. The second-order valence-electron chi connectivity index (χ2n) is 5.35. The van der Waals surface area contributed by atoms with Gasteiger partial charge in [0.25, 0.3) is 0 Å². The van der Waals surface area contributed by atoms with Gasteiger partial charge in [-0.3, -0.25) is 4.90 Å². The Balaban J connectivity index is 2.41. The van der Waals surface area contributed by atoms with E-state index in [1.807, 2.05) is 18.2 Å². The molecule has 2 heteroatoms. The summed E-state index contributed by atoms with van der Waals surface area (Å²) in [6.07, 6.45) is 1.89. The van der Waals surface area contributed by atoms with Crippen molar-refractivity contribution in [3.8, 4) is 0 Å². The van der Waals surface area contributed by atoms with Crippen molar-refractivity contribution in [3.63, 3.8) is 0 Å². The van der Waals surface area contributed by atoms with Crippen LogP contribution in [0, 0.1) is 0 Å². The molecule has 0 spiro atoms. The van der Waals surface area contributed by atoms with Crippen LogP contribution in [0.3, 0.4) is 0 Å². The van der Waals surface area contributed by atoms with E-state index >= 15 is 0 Å². The van der Waals surface area contributed by atoms with Gasteiger partial charge in [0.1, 0.15) is 0 Å². The van der Waals surface area contributed by atoms with Crippen molar-refractivity contribution in [1.82, 2.24) is 4.90 Å². The van der Waals surface area contributed by atoms with E-state index in [4.69, 9.17) is 0 Å². The second kappa shape index (κ2) is 8.32. The zero-order valence-electron chi connectivity index (χ0n) is 12.9. The van der Waals surface area contributed by atoms with E-state index in [2.05, 4.69) is 66.6 Å². The van der Waals surface area contributed by atoms with Crippen LogP contribution in [0.2, 0.25) is 0 Å². The Labute approximate surface area is 133 Å². The smallest absolute Gasteiger partial charge is 0.0651 e. The first-order valence-corrected chi connectivity index (χ1v) is 7.48. The predicted molar refractivity (Wildman–Crippen MR) is 92.7 cm³/mol. The van der Waals surface area contributed by atoms with Crippen molar-refractivity contribution >= 4 is 0 Å². The summed E-state index contributed by atoms with van der Waals surface area (Å²) in [5.41, 5.74) is 3.25. The third-order valence-electron chi connectivity index (χ3n) is 3.61. The summed E-state index contributed by atoms with van der Waals surface area (Å²) < 4.78 is 0. The van der Waals surface area contributed by atoms with Gasteiger partial charge in [-0.05, 0) is 16.7 Å². The molecule has 0 fully saturated rings. The number of hydrogen-bond donors (Lipinski definition) is 1. The van der Waals surface area contributed by atoms with E-state index < -0.39 is 0 Å². The molecular formula is C20H23NO. The highest BCUT2D eigenvalue weighted by Gasteiger charge is 2.21. The molecule has 0 aliphatic rings. The Morgan fingerprint density at radius 1 is 1.00 bits per heavy atom. The van der Waals surface area contributed by atoms with Crippen molar-refractivity contribution in [3.05, 3.63) is 96.6 Å². The van der Waals surface area contributed by atoms with Gasteiger partial charge in [-0.15, -0.1) is 6.58 Å². The predicted octanol–water partition coefficient (Wildman–Crippen LogP) is 3.81. The summed E-state index contributed by atoms with van der Waals surface area (Å²) in [5.74, 6) is 0. The van der Waals surface area contributed by atoms with Crippen molar-refractivity contribution in [2.75, 3.05) is 19.7 Å². The SMILES string of the molecule is C=CCN(CC(=C)CO)C(c1ccccc1)c1ccccc1. The van der Waals surface area contributed by atoms with Crippen LogP contribution >= 0.6 is 0 Å². The van der Waals surface area contributed by atoms with Gasteiger partial charge in [0.15, 0.2) is 0 Å². The first kappa shape index (κ1) is 16.2. The fourth-order valence-corrected chi connectivity index (χ4v) is 2.65. The second-order valence-corrected chi connectivity index (χ2v) is 5.35. The molecule has 2 nitrogen and oxygen atoms in total. The van der Waals surface area contributed by atoms with E-state index in [0.29, 0.717) is 6.54 Å². The molecule has 0 atom stereocenters. The molecule has 0 unspecified atom stereocenters. The number of benzene rings is 2. The molecule has 0 aliphatic carbocycles. The molecule has 2 rings (SSSR count). The van der Waals surface area contributed by atoms with Crippen LogP contribution in [0.5, 0.6) is 0 Å². The number of nitrogens with zero attached hydrogens (tertiary/aromatic N) is 1. The van der Waals surface area contributed by atoms with Gasteiger partial charge in [0, 0.05) is 13.1 Å². The zero-order valence-corrected chi connectivity index (χ0v) is 12.9. The Bertz CT molecular complexity index is 552. The van der Waals surface area contributed by atoms with E-state index in [-0.39, 0.29) is 12.6 Å². The van der Waals surface area contributed by atoms with Gasteiger partial charge in [-0.2, -0.15) is 0 Å².